The fourth-order valence-corrected chi connectivity index (χ4v) is 6.41. The lowest BCUT2D eigenvalue weighted by Gasteiger charge is -2.20. The topological polar surface area (TPSA) is 64.5 Å². The zero-order chi connectivity index (χ0) is 31.0. The Hall–Kier alpha value is -5.55. The van der Waals surface area contributed by atoms with Crippen LogP contribution in [0.25, 0.3) is 61.3 Å². The Morgan fingerprint density at radius 1 is 0.652 bits per heavy atom. The molecule has 0 spiro atoms. The third-order valence-corrected chi connectivity index (χ3v) is 8.89. The van der Waals surface area contributed by atoms with Crippen molar-refractivity contribution in [1.29, 1.82) is 0 Å². The quantitative estimate of drug-likeness (QED) is 0.186. The van der Waals surface area contributed by atoms with E-state index in [0.717, 1.165) is 79.7 Å². The molecule has 2 aliphatic carbocycles. The normalized spacial score (nSPS) is 17.5. The molecular weight excluding hydrogens is 562 g/mol. The van der Waals surface area contributed by atoms with Gasteiger partial charge in [-0.2, -0.15) is 0 Å². The second kappa shape index (κ2) is 11.8. The molecule has 0 fully saturated rings. The van der Waals surface area contributed by atoms with Crippen molar-refractivity contribution in [3.8, 4) is 33.9 Å². The number of pyridine rings is 2. The fourth-order valence-electron chi connectivity index (χ4n) is 6.41. The molecule has 2 atom stereocenters. The van der Waals surface area contributed by atoms with Crippen molar-refractivity contribution in [3.05, 3.63) is 145 Å². The van der Waals surface area contributed by atoms with Crippen LogP contribution in [-0.2, 0) is 0 Å². The predicted molar refractivity (Wildman–Crippen MR) is 188 cm³/mol. The number of hydrogen-bond acceptors (Lipinski definition) is 5. The molecule has 5 heteroatoms. The molecule has 46 heavy (non-hydrogen) atoms. The lowest BCUT2D eigenvalue weighted by Crippen LogP contribution is -2.13. The average Bonchev–Trinajstić information content (AvgIpc) is 3.12. The van der Waals surface area contributed by atoms with Crippen LogP contribution in [0.2, 0.25) is 0 Å². The van der Waals surface area contributed by atoms with E-state index in [-0.39, 0.29) is 11.8 Å². The largest absolute Gasteiger partial charge is 0.251 e. The first-order valence-corrected chi connectivity index (χ1v) is 16.0. The second-order valence-electron chi connectivity index (χ2n) is 12.1. The Bertz CT molecular complexity index is 2240. The van der Waals surface area contributed by atoms with Crippen molar-refractivity contribution in [3.63, 3.8) is 0 Å². The molecule has 2 unspecified atom stereocenters. The van der Waals surface area contributed by atoms with E-state index < -0.39 is 0 Å². The first-order valence-electron chi connectivity index (χ1n) is 16.0. The van der Waals surface area contributed by atoms with Crippen LogP contribution < -0.4 is 0 Å². The van der Waals surface area contributed by atoms with Crippen LogP contribution in [0.1, 0.15) is 42.9 Å². The number of benzene rings is 3. The summed E-state index contributed by atoms with van der Waals surface area (Å²) in [5.74, 6) is 2.49. The smallest absolute Gasteiger partial charge is 0.163 e. The van der Waals surface area contributed by atoms with Gasteiger partial charge in [-0.15, -0.1) is 0 Å². The van der Waals surface area contributed by atoms with Crippen molar-refractivity contribution >= 4 is 27.4 Å². The van der Waals surface area contributed by atoms with Crippen LogP contribution in [0.5, 0.6) is 0 Å². The molecule has 0 aliphatic heterocycles. The van der Waals surface area contributed by atoms with Crippen LogP contribution in [-0.4, -0.2) is 24.9 Å². The number of aromatic nitrogens is 5. The van der Waals surface area contributed by atoms with Gasteiger partial charge in [-0.3, -0.25) is 4.98 Å². The summed E-state index contributed by atoms with van der Waals surface area (Å²) in [5, 5.41) is 2.16. The molecule has 3 heterocycles. The zero-order valence-corrected chi connectivity index (χ0v) is 25.9. The van der Waals surface area contributed by atoms with Crippen molar-refractivity contribution in [2.45, 2.75) is 32.6 Å². The maximum Gasteiger partial charge on any atom is 0.163 e. The minimum atomic E-state index is 0.0742. The van der Waals surface area contributed by atoms with Gasteiger partial charge < -0.3 is 0 Å². The number of fused-ring (bicyclic) bond motifs is 3. The van der Waals surface area contributed by atoms with Crippen LogP contribution in [0.4, 0.5) is 0 Å². The highest BCUT2D eigenvalue weighted by atomic mass is 15.0. The first kappa shape index (κ1) is 28.0. The highest BCUT2D eigenvalue weighted by Gasteiger charge is 2.22. The summed E-state index contributed by atoms with van der Waals surface area (Å²) in [6.07, 6.45) is 17.3. The van der Waals surface area contributed by atoms with E-state index in [4.69, 9.17) is 24.9 Å². The number of hydrogen-bond donors (Lipinski definition) is 0. The Morgan fingerprint density at radius 3 is 2.26 bits per heavy atom. The van der Waals surface area contributed by atoms with Gasteiger partial charge in [0.15, 0.2) is 11.6 Å². The van der Waals surface area contributed by atoms with E-state index in [9.17, 15) is 0 Å². The number of rotatable bonds is 5. The Kier molecular flexibility index (Phi) is 7.14. The molecule has 0 radical (unpaired) electrons. The van der Waals surface area contributed by atoms with Gasteiger partial charge in [0.25, 0.3) is 0 Å². The first-order chi connectivity index (χ1) is 22.6. The molecule has 0 N–H and O–H groups in total. The molecule has 0 bridgehead atoms. The van der Waals surface area contributed by atoms with Gasteiger partial charge in [-0.05, 0) is 60.6 Å². The van der Waals surface area contributed by atoms with E-state index in [1.54, 1.807) is 0 Å². The van der Waals surface area contributed by atoms with Crippen LogP contribution in [0.3, 0.4) is 0 Å². The lowest BCUT2D eigenvalue weighted by atomic mass is 9.89. The molecular formula is C41H33N5. The van der Waals surface area contributed by atoms with E-state index in [0.29, 0.717) is 11.6 Å². The number of allylic oxidation sites excluding steroid dienone is 8. The summed E-state index contributed by atoms with van der Waals surface area (Å²) in [6, 6.07) is 29.5. The minimum absolute atomic E-state index is 0.0742. The van der Waals surface area contributed by atoms with Crippen LogP contribution >= 0.6 is 0 Å². The fraction of sp³-hybridized carbons (Fsp3) is 0.146. The van der Waals surface area contributed by atoms with Crippen molar-refractivity contribution in [2.75, 3.05) is 0 Å². The summed E-state index contributed by atoms with van der Waals surface area (Å²) in [5.41, 5.74) is 9.03. The van der Waals surface area contributed by atoms with Crippen molar-refractivity contribution in [2.24, 2.45) is 5.92 Å². The minimum Gasteiger partial charge on any atom is -0.251 e. The van der Waals surface area contributed by atoms with Crippen LogP contribution in [0.15, 0.2) is 127 Å². The zero-order valence-electron chi connectivity index (χ0n) is 25.9. The van der Waals surface area contributed by atoms with Gasteiger partial charge in [-0.25, -0.2) is 19.9 Å². The maximum atomic E-state index is 5.22. The third-order valence-electron chi connectivity index (χ3n) is 8.89. The molecule has 222 valence electrons. The Morgan fingerprint density at radius 2 is 1.43 bits per heavy atom. The Balaban J connectivity index is 1.32. The van der Waals surface area contributed by atoms with Gasteiger partial charge >= 0.3 is 0 Å². The number of aryl methyl sites for hydroxylation is 1. The van der Waals surface area contributed by atoms with Crippen LogP contribution in [0, 0.1) is 12.8 Å². The van der Waals surface area contributed by atoms with Crippen molar-refractivity contribution < 1.29 is 0 Å². The summed E-state index contributed by atoms with van der Waals surface area (Å²) in [7, 11) is 0. The third kappa shape index (κ3) is 5.24. The summed E-state index contributed by atoms with van der Waals surface area (Å²) in [4.78, 5) is 25.3. The molecule has 6 aromatic rings. The van der Waals surface area contributed by atoms with Gasteiger partial charge in [0, 0.05) is 33.5 Å². The average molecular weight is 596 g/mol. The SMILES string of the molecule is Cc1ccc2ccc3c(-c4cccc(-c5nc(-c6ccccc6)nc(C6C=CC=CC6C)n5)c4)cc(C4=CCCC=C4)nc3c2n1. The highest BCUT2D eigenvalue weighted by molar-refractivity contribution is 6.09. The molecule has 8 rings (SSSR count). The molecule has 0 saturated heterocycles. The van der Waals surface area contributed by atoms with E-state index in [2.05, 4.69) is 116 Å². The molecule has 0 saturated carbocycles. The summed E-state index contributed by atoms with van der Waals surface area (Å²) < 4.78 is 0. The molecule has 5 nitrogen and oxygen atoms in total. The maximum absolute atomic E-state index is 5.22. The van der Waals surface area contributed by atoms with Gasteiger partial charge in [0.1, 0.15) is 5.82 Å². The van der Waals surface area contributed by atoms with Gasteiger partial charge in [0.2, 0.25) is 0 Å². The molecule has 0 amide bonds. The van der Waals surface area contributed by atoms with Gasteiger partial charge in [-0.1, -0.05) is 116 Å². The summed E-state index contributed by atoms with van der Waals surface area (Å²) >= 11 is 0. The highest BCUT2D eigenvalue weighted by Crippen LogP contribution is 2.37. The second-order valence-corrected chi connectivity index (χ2v) is 12.1. The number of nitrogens with zero attached hydrogens (tertiary/aromatic N) is 5. The Labute approximate surface area is 268 Å². The summed E-state index contributed by atoms with van der Waals surface area (Å²) in [6.45, 7) is 4.24. The van der Waals surface area contributed by atoms with E-state index in [1.807, 2.05) is 25.1 Å². The van der Waals surface area contributed by atoms with Gasteiger partial charge in [0.05, 0.1) is 16.7 Å². The molecule has 3 aromatic heterocycles. The van der Waals surface area contributed by atoms with Crippen molar-refractivity contribution in [1.82, 2.24) is 24.9 Å². The molecule has 3 aromatic carbocycles. The van der Waals surface area contributed by atoms with E-state index in [1.165, 1.54) is 0 Å². The lowest BCUT2D eigenvalue weighted by molar-refractivity contribution is 0.600. The monoisotopic (exact) mass is 595 g/mol. The predicted octanol–water partition coefficient (Wildman–Crippen LogP) is 9.86. The molecule has 2 aliphatic rings. The van der Waals surface area contributed by atoms with E-state index >= 15 is 0 Å². The standard InChI is InChI=1S/C41H33N5/c1-26-12-9-10-19-33(26)41-45-39(30-15-7-4-8-16-30)44-40(46-41)32-18-11-17-31(24-32)35-25-36(28-13-5-3-6-14-28)43-38-34(35)23-22-29-21-20-27(2)42-37(29)38/h4-5,7-26,33H,3,6H2,1-2H3.